The maximum Gasteiger partial charge on any atom is 0.119 e. The van der Waals surface area contributed by atoms with E-state index in [-0.39, 0.29) is 0 Å². The Bertz CT molecular complexity index is 331. The lowest BCUT2D eigenvalue weighted by Crippen LogP contribution is -2.28. The van der Waals surface area contributed by atoms with Crippen LogP contribution in [0.15, 0.2) is 24.3 Å². The highest BCUT2D eigenvalue weighted by molar-refractivity contribution is 5.34. The number of para-hydroxylation sites is 1. The topological polar surface area (TPSA) is 32.3 Å². The van der Waals surface area contributed by atoms with Crippen LogP contribution in [-0.2, 0) is 0 Å². The average Bonchev–Trinajstić information content (AvgIpc) is 2.31. The molecule has 1 fully saturated rings. The van der Waals surface area contributed by atoms with Crippen molar-refractivity contribution in [2.75, 3.05) is 13.1 Å². The van der Waals surface area contributed by atoms with Gasteiger partial charge in [0.2, 0.25) is 0 Å². The number of phenolic OH excluding ortho intramolecular Hbond substituents is 1. The Balaban J connectivity index is 1.96. The van der Waals surface area contributed by atoms with E-state index >= 15 is 0 Å². The van der Waals surface area contributed by atoms with Crippen LogP contribution in [0.3, 0.4) is 0 Å². The third-order valence-electron chi connectivity index (χ3n) is 3.61. The molecule has 1 saturated heterocycles. The van der Waals surface area contributed by atoms with Gasteiger partial charge in [0.1, 0.15) is 5.75 Å². The molecule has 0 aromatic heterocycles. The van der Waals surface area contributed by atoms with Crippen LogP contribution >= 0.6 is 0 Å². The monoisotopic (exact) mass is 219 g/mol. The van der Waals surface area contributed by atoms with Gasteiger partial charge in [0, 0.05) is 0 Å². The van der Waals surface area contributed by atoms with Crippen LogP contribution in [0.5, 0.6) is 5.75 Å². The molecule has 0 bridgehead atoms. The molecule has 1 aromatic rings. The predicted molar refractivity (Wildman–Crippen MR) is 66.7 cm³/mol. The van der Waals surface area contributed by atoms with Crippen molar-refractivity contribution in [3.8, 4) is 5.75 Å². The van der Waals surface area contributed by atoms with Crippen LogP contribution in [-0.4, -0.2) is 18.2 Å². The van der Waals surface area contributed by atoms with Gasteiger partial charge < -0.3 is 10.4 Å². The van der Waals surface area contributed by atoms with Gasteiger partial charge in [-0.2, -0.15) is 0 Å². The van der Waals surface area contributed by atoms with Crippen LogP contribution in [0.25, 0.3) is 0 Å². The molecule has 1 heterocycles. The second kappa shape index (κ2) is 5.35. The molecule has 1 aromatic carbocycles. The van der Waals surface area contributed by atoms with E-state index in [1.165, 1.54) is 19.3 Å². The van der Waals surface area contributed by atoms with Gasteiger partial charge in [0.25, 0.3) is 0 Å². The largest absolute Gasteiger partial charge is 0.508 e. The zero-order valence-electron chi connectivity index (χ0n) is 9.95. The fourth-order valence-corrected chi connectivity index (χ4v) is 2.65. The van der Waals surface area contributed by atoms with Crippen molar-refractivity contribution in [1.82, 2.24) is 5.32 Å². The summed E-state index contributed by atoms with van der Waals surface area (Å²) in [5, 5.41) is 13.2. The smallest absolute Gasteiger partial charge is 0.119 e. The summed E-state index contributed by atoms with van der Waals surface area (Å²) in [5.41, 5.74) is 1.10. The van der Waals surface area contributed by atoms with Gasteiger partial charge in [0.05, 0.1) is 0 Å². The molecule has 2 N–H and O–H groups in total. The molecule has 1 unspecified atom stereocenters. The number of rotatable bonds is 3. The lowest BCUT2D eigenvalue weighted by Gasteiger charge is -2.25. The molecular weight excluding hydrogens is 198 g/mol. The average molecular weight is 219 g/mol. The van der Waals surface area contributed by atoms with Crippen LogP contribution in [0, 0.1) is 5.92 Å². The zero-order valence-corrected chi connectivity index (χ0v) is 9.95. The molecule has 0 saturated carbocycles. The molecule has 88 valence electrons. The van der Waals surface area contributed by atoms with E-state index in [1.54, 1.807) is 6.07 Å². The maximum absolute atomic E-state index is 9.80. The Morgan fingerprint density at radius 3 is 2.69 bits per heavy atom. The van der Waals surface area contributed by atoms with E-state index in [0.29, 0.717) is 11.7 Å². The van der Waals surface area contributed by atoms with Gasteiger partial charge in [-0.1, -0.05) is 25.1 Å². The fourth-order valence-electron chi connectivity index (χ4n) is 2.65. The summed E-state index contributed by atoms with van der Waals surface area (Å²) in [5.74, 6) is 1.73. The highest BCUT2D eigenvalue weighted by Gasteiger charge is 2.18. The molecule has 0 radical (unpaired) electrons. The summed E-state index contributed by atoms with van der Waals surface area (Å²) in [6.07, 6.45) is 3.75. The summed E-state index contributed by atoms with van der Waals surface area (Å²) in [7, 11) is 0. The number of nitrogens with one attached hydrogen (secondary N) is 1. The van der Waals surface area contributed by atoms with Crippen molar-refractivity contribution in [2.45, 2.75) is 32.1 Å². The molecule has 1 atom stereocenters. The standard InChI is InChI=1S/C14H21NO/c1-11(10-12-6-8-15-9-7-12)13-4-2-3-5-14(13)16/h2-5,11-12,15-16H,6-10H2,1H3. The van der Waals surface area contributed by atoms with Crippen molar-refractivity contribution < 1.29 is 5.11 Å². The first-order chi connectivity index (χ1) is 7.77. The number of phenols is 1. The Morgan fingerprint density at radius 1 is 1.31 bits per heavy atom. The first kappa shape index (κ1) is 11.5. The second-order valence-electron chi connectivity index (χ2n) is 4.89. The minimum absolute atomic E-state index is 0.448. The van der Waals surface area contributed by atoms with Gasteiger partial charge >= 0.3 is 0 Å². The van der Waals surface area contributed by atoms with Crippen LogP contribution in [0.2, 0.25) is 0 Å². The van der Waals surface area contributed by atoms with Gasteiger partial charge in [-0.05, 0) is 55.8 Å². The van der Waals surface area contributed by atoms with Crippen molar-refractivity contribution in [3.05, 3.63) is 29.8 Å². The van der Waals surface area contributed by atoms with Crippen molar-refractivity contribution >= 4 is 0 Å². The fraction of sp³-hybridized carbons (Fsp3) is 0.571. The molecule has 2 rings (SSSR count). The number of piperidine rings is 1. The van der Waals surface area contributed by atoms with Gasteiger partial charge in [-0.25, -0.2) is 0 Å². The summed E-state index contributed by atoms with van der Waals surface area (Å²) in [6, 6.07) is 7.72. The van der Waals surface area contributed by atoms with Crippen LogP contribution < -0.4 is 5.32 Å². The highest BCUT2D eigenvalue weighted by Crippen LogP contribution is 2.32. The highest BCUT2D eigenvalue weighted by atomic mass is 16.3. The number of aromatic hydroxyl groups is 1. The van der Waals surface area contributed by atoms with Gasteiger partial charge in [-0.3, -0.25) is 0 Å². The third kappa shape index (κ3) is 2.76. The van der Waals surface area contributed by atoms with Crippen LogP contribution in [0.4, 0.5) is 0 Å². The van der Waals surface area contributed by atoms with E-state index in [9.17, 15) is 5.11 Å². The molecule has 2 heteroatoms. The summed E-state index contributed by atoms with van der Waals surface area (Å²) in [4.78, 5) is 0. The minimum Gasteiger partial charge on any atom is -0.508 e. The molecule has 1 aliphatic heterocycles. The Hall–Kier alpha value is -1.02. The van der Waals surface area contributed by atoms with E-state index in [2.05, 4.69) is 12.2 Å². The van der Waals surface area contributed by atoms with Crippen LogP contribution in [0.1, 0.15) is 37.7 Å². The molecule has 1 aliphatic rings. The first-order valence-electron chi connectivity index (χ1n) is 6.26. The quantitative estimate of drug-likeness (QED) is 0.819. The van der Waals surface area contributed by atoms with E-state index in [0.717, 1.165) is 24.6 Å². The zero-order chi connectivity index (χ0) is 11.4. The maximum atomic E-state index is 9.80. The third-order valence-corrected chi connectivity index (χ3v) is 3.61. The lowest BCUT2D eigenvalue weighted by atomic mass is 9.85. The summed E-state index contributed by atoms with van der Waals surface area (Å²) in [6.45, 7) is 4.52. The number of hydrogen-bond acceptors (Lipinski definition) is 2. The lowest BCUT2D eigenvalue weighted by molar-refractivity contribution is 0.333. The normalized spacial score (nSPS) is 19.6. The molecule has 0 spiro atoms. The van der Waals surface area contributed by atoms with Crippen molar-refractivity contribution in [1.29, 1.82) is 0 Å². The Labute approximate surface area is 97.7 Å². The van der Waals surface area contributed by atoms with Gasteiger partial charge in [-0.15, -0.1) is 0 Å². The minimum atomic E-state index is 0.448. The first-order valence-corrected chi connectivity index (χ1v) is 6.26. The number of benzene rings is 1. The number of hydrogen-bond donors (Lipinski definition) is 2. The van der Waals surface area contributed by atoms with E-state index in [1.807, 2.05) is 18.2 Å². The second-order valence-corrected chi connectivity index (χ2v) is 4.89. The molecule has 2 nitrogen and oxygen atoms in total. The molecule has 0 aliphatic carbocycles. The summed E-state index contributed by atoms with van der Waals surface area (Å²) >= 11 is 0. The van der Waals surface area contributed by atoms with Gasteiger partial charge in [0.15, 0.2) is 0 Å². The Kier molecular flexibility index (Phi) is 3.83. The van der Waals surface area contributed by atoms with Crippen molar-refractivity contribution in [2.24, 2.45) is 5.92 Å². The summed E-state index contributed by atoms with van der Waals surface area (Å²) < 4.78 is 0. The SMILES string of the molecule is CC(CC1CCNCC1)c1ccccc1O. The molecular formula is C14H21NO. The van der Waals surface area contributed by atoms with Crippen molar-refractivity contribution in [3.63, 3.8) is 0 Å². The van der Waals surface area contributed by atoms with E-state index < -0.39 is 0 Å². The van der Waals surface area contributed by atoms with E-state index in [4.69, 9.17) is 0 Å². The molecule has 16 heavy (non-hydrogen) atoms. The predicted octanol–water partition coefficient (Wildman–Crippen LogP) is 2.89. The molecule has 0 amide bonds. The Morgan fingerprint density at radius 2 is 2.00 bits per heavy atom.